The topological polar surface area (TPSA) is 162 Å². The molecule has 0 aromatic carbocycles. The van der Waals surface area contributed by atoms with Crippen LogP contribution >= 0.6 is 0 Å². The Hall–Kier alpha value is -1.03. The number of aliphatic carboxylic acids is 1. The third-order valence-corrected chi connectivity index (χ3v) is 1.94. The Morgan fingerprint density at radius 1 is 1.23 bits per heavy atom. The fourth-order valence-corrected chi connectivity index (χ4v) is 1.20. The second-order valence-corrected chi connectivity index (χ2v) is 5.09. The molecule has 1 atom stereocenters. The maximum absolute atomic E-state index is 11.4. The van der Waals surface area contributed by atoms with Crippen molar-refractivity contribution in [3.05, 3.63) is 0 Å². The van der Waals surface area contributed by atoms with Gasteiger partial charge in [-0.25, -0.2) is 9.59 Å². The number of nitrogens with one attached hydrogen (secondary N) is 1. The molecule has 0 fully saturated rings. The van der Waals surface area contributed by atoms with Crippen molar-refractivity contribution in [2.75, 3.05) is 6.54 Å². The zero-order chi connectivity index (χ0) is 17.1. The number of amides is 1. The van der Waals surface area contributed by atoms with Crippen LogP contribution in [0.1, 0.15) is 40.0 Å². The van der Waals surface area contributed by atoms with Crippen LogP contribution in [0.2, 0.25) is 0 Å². The summed E-state index contributed by atoms with van der Waals surface area (Å²) in [6.07, 6.45) is -1.05. The molecule has 0 saturated heterocycles. The van der Waals surface area contributed by atoms with Crippen LogP contribution in [0.3, 0.4) is 0 Å². The normalized spacial score (nSPS) is 11.1. The van der Waals surface area contributed by atoms with Crippen LogP contribution in [-0.4, -0.2) is 46.6 Å². The van der Waals surface area contributed by atoms with E-state index in [1.165, 1.54) is 0 Å². The van der Waals surface area contributed by atoms with Gasteiger partial charge in [0.25, 0.3) is 0 Å². The Kier molecular flexibility index (Phi) is 16.0. The number of carbonyl (C=O) groups is 3. The summed E-state index contributed by atoms with van der Waals surface area (Å²) in [6, 6.07) is -0.920. The van der Waals surface area contributed by atoms with Crippen molar-refractivity contribution in [1.82, 2.24) is 5.32 Å². The number of carboxylic acid groups (broad SMARTS) is 3. The average molecular weight is 330 g/mol. The van der Waals surface area contributed by atoms with Crippen molar-refractivity contribution in [1.29, 1.82) is 0 Å². The first-order chi connectivity index (χ1) is 9.49. The summed E-state index contributed by atoms with van der Waals surface area (Å²) in [4.78, 5) is 30.7. The summed E-state index contributed by atoms with van der Waals surface area (Å²) in [5, 5.41) is 26.6. The van der Waals surface area contributed by atoms with Gasteiger partial charge < -0.3 is 35.9 Å². The molecule has 0 radical (unpaired) electrons. The molecule has 0 aliphatic carbocycles. The Morgan fingerprint density at radius 2 is 1.68 bits per heavy atom. The van der Waals surface area contributed by atoms with Gasteiger partial charge in [0.05, 0.1) is 0 Å². The van der Waals surface area contributed by atoms with Gasteiger partial charge in [-0.2, -0.15) is 0 Å². The summed E-state index contributed by atoms with van der Waals surface area (Å²) < 4.78 is 4.99. The monoisotopic (exact) mass is 330 g/mol. The summed E-state index contributed by atoms with van der Waals surface area (Å²) in [6.45, 7) is 5.67. The van der Waals surface area contributed by atoms with Crippen LogP contribution in [0.4, 0.5) is 9.59 Å². The van der Waals surface area contributed by atoms with E-state index in [1.807, 2.05) is 0 Å². The van der Waals surface area contributed by atoms with Crippen LogP contribution in [0.15, 0.2) is 0 Å². The summed E-state index contributed by atoms with van der Waals surface area (Å²) >= 11 is 0. The maximum atomic E-state index is 11.4. The smallest absolute Gasteiger partial charge is 0.565 e. The van der Waals surface area contributed by atoms with Crippen LogP contribution < -0.4 is 45.7 Å². The van der Waals surface area contributed by atoms with Gasteiger partial charge in [-0.1, -0.05) is 0 Å². The van der Waals surface area contributed by atoms with Crippen molar-refractivity contribution in [2.45, 2.75) is 51.7 Å². The molecule has 22 heavy (non-hydrogen) atoms. The largest absolute Gasteiger partial charge is 1.00 e. The number of nitrogens with two attached hydrogens (primary N) is 1. The average Bonchev–Trinajstić information content (AvgIpc) is 2.24. The predicted octanol–water partition coefficient (Wildman–Crippen LogP) is -3.01. The number of alkyl carbamates (subject to hydrolysis) is 1. The molecule has 9 nitrogen and oxygen atoms in total. The summed E-state index contributed by atoms with van der Waals surface area (Å²) in [7, 11) is 0. The molecule has 1 amide bonds. The molecule has 10 heteroatoms. The molecule has 5 N–H and O–H groups in total. The van der Waals surface area contributed by atoms with Gasteiger partial charge in [-0.15, -0.1) is 0 Å². The van der Waals surface area contributed by atoms with Crippen molar-refractivity contribution in [2.24, 2.45) is 5.73 Å². The molecule has 0 saturated carbocycles. The van der Waals surface area contributed by atoms with Crippen molar-refractivity contribution in [3.63, 3.8) is 0 Å². The molecular formula is C12H23N2NaO7. The molecule has 0 bridgehead atoms. The SMILES string of the molecule is CC(C)(C)OC(=O)NC(CCCCN)C(=O)O.O=C([O-])O.[Na+]. The number of hydrogen-bond acceptors (Lipinski definition) is 6. The zero-order valence-electron chi connectivity index (χ0n) is 13.4. The third-order valence-electron chi connectivity index (χ3n) is 1.94. The predicted molar refractivity (Wildman–Crippen MR) is 71.7 cm³/mol. The van der Waals surface area contributed by atoms with E-state index in [-0.39, 0.29) is 29.6 Å². The van der Waals surface area contributed by atoms with E-state index in [9.17, 15) is 9.59 Å². The Bertz CT molecular complexity index is 341. The van der Waals surface area contributed by atoms with E-state index in [2.05, 4.69) is 5.32 Å². The molecule has 0 aromatic rings. The molecule has 0 spiro atoms. The fraction of sp³-hybridized carbons (Fsp3) is 0.750. The van der Waals surface area contributed by atoms with E-state index >= 15 is 0 Å². The van der Waals surface area contributed by atoms with Gasteiger partial charge >= 0.3 is 41.6 Å². The molecule has 1 unspecified atom stereocenters. The van der Waals surface area contributed by atoms with Gasteiger partial charge in [0.15, 0.2) is 0 Å². The van der Waals surface area contributed by atoms with Gasteiger partial charge in [0.2, 0.25) is 6.16 Å². The van der Waals surface area contributed by atoms with Crippen LogP contribution in [-0.2, 0) is 9.53 Å². The molecular weight excluding hydrogens is 307 g/mol. The van der Waals surface area contributed by atoms with Crippen molar-refractivity contribution in [3.8, 4) is 0 Å². The van der Waals surface area contributed by atoms with Crippen molar-refractivity contribution < 1.29 is 64.0 Å². The second-order valence-electron chi connectivity index (χ2n) is 5.09. The molecule has 0 aromatic heterocycles. The molecule has 0 aliphatic rings. The standard InChI is InChI=1S/C11H22N2O4.CH2O3.Na/c1-11(2,3)17-10(16)13-8(9(14)15)6-4-5-7-12;2-1(3)4;/h8H,4-7,12H2,1-3H3,(H,13,16)(H,14,15);(H2,2,3,4);/q;;+1/p-1. The maximum Gasteiger partial charge on any atom is 1.00 e. The minimum Gasteiger partial charge on any atom is -0.565 e. The quantitative estimate of drug-likeness (QED) is 0.295. The summed E-state index contributed by atoms with van der Waals surface area (Å²) in [5.74, 6) is -1.06. The van der Waals surface area contributed by atoms with Gasteiger partial charge in [-0.3, -0.25) is 0 Å². The van der Waals surface area contributed by atoms with Gasteiger partial charge in [0, 0.05) is 0 Å². The number of carbonyl (C=O) groups excluding carboxylic acids is 1. The van der Waals surface area contributed by atoms with E-state index in [1.54, 1.807) is 20.8 Å². The Labute approximate surface area is 151 Å². The first kappa shape index (κ1) is 25.9. The minimum absolute atomic E-state index is 0. The summed E-state index contributed by atoms with van der Waals surface area (Å²) in [5.41, 5.74) is 4.68. The van der Waals surface area contributed by atoms with Crippen LogP contribution in [0, 0.1) is 0 Å². The number of unbranched alkanes of at least 4 members (excludes halogenated alkanes) is 1. The van der Waals surface area contributed by atoms with E-state index < -0.39 is 29.9 Å². The number of carboxylic acids is 1. The first-order valence-corrected chi connectivity index (χ1v) is 6.32. The van der Waals surface area contributed by atoms with Crippen LogP contribution in [0.5, 0.6) is 0 Å². The minimum atomic E-state index is -2.08. The first-order valence-electron chi connectivity index (χ1n) is 6.32. The molecule has 0 heterocycles. The second kappa shape index (κ2) is 13.6. The van der Waals surface area contributed by atoms with Gasteiger partial charge in [0.1, 0.15) is 11.6 Å². The van der Waals surface area contributed by atoms with E-state index in [4.69, 9.17) is 30.6 Å². The van der Waals surface area contributed by atoms with E-state index in [0.29, 0.717) is 19.4 Å². The zero-order valence-corrected chi connectivity index (χ0v) is 15.4. The van der Waals surface area contributed by atoms with Gasteiger partial charge in [-0.05, 0) is 46.6 Å². The number of rotatable bonds is 6. The number of hydrogen-bond donors (Lipinski definition) is 4. The Morgan fingerprint density at radius 3 is 2.00 bits per heavy atom. The molecule has 0 rings (SSSR count). The van der Waals surface area contributed by atoms with E-state index in [0.717, 1.165) is 6.42 Å². The fourth-order valence-electron chi connectivity index (χ4n) is 1.20. The molecule has 124 valence electrons. The molecule has 0 aliphatic heterocycles. The third kappa shape index (κ3) is 21.3. The number of ether oxygens (including phenoxy) is 1. The van der Waals surface area contributed by atoms with Crippen molar-refractivity contribution >= 4 is 18.2 Å². The Balaban J connectivity index is -0.000000640. The van der Waals surface area contributed by atoms with Crippen LogP contribution in [0.25, 0.3) is 0 Å².